The normalized spacial score (nSPS) is 14.0. The third-order valence-corrected chi connectivity index (χ3v) is 3.91. The van der Waals surface area contributed by atoms with Crippen LogP contribution >= 0.6 is 7.60 Å². The Labute approximate surface area is 119 Å². The molecular weight excluding hydrogens is 293 g/mol. The lowest BCUT2D eigenvalue weighted by molar-refractivity contribution is 0.369. The highest BCUT2D eigenvalue weighted by Gasteiger charge is 2.23. The van der Waals surface area contributed by atoms with Crippen LogP contribution in [0.4, 0.5) is 5.82 Å². The molecule has 1 aromatic carbocycles. The predicted molar refractivity (Wildman–Crippen MR) is 76.6 cm³/mol. The Kier molecular flexibility index (Phi) is 3.32. The van der Waals surface area contributed by atoms with Gasteiger partial charge in [-0.3, -0.25) is 0 Å². The molecule has 0 radical (unpaired) electrons. The zero-order chi connectivity index (χ0) is 14.9. The monoisotopic (exact) mass is 305 g/mol. The minimum atomic E-state index is -3.90. The van der Waals surface area contributed by atoms with Gasteiger partial charge in [-0.2, -0.15) is 0 Å². The van der Waals surface area contributed by atoms with Crippen LogP contribution in [0.5, 0.6) is 5.75 Å². The number of nitrogens with zero attached hydrogens (tertiary/aromatic N) is 4. The summed E-state index contributed by atoms with van der Waals surface area (Å²) in [4.78, 5) is 21.8. The smallest absolute Gasteiger partial charge is 0.396 e. The fourth-order valence-corrected chi connectivity index (χ4v) is 2.97. The molecule has 108 valence electrons. The number of rotatable bonds is 4. The highest BCUT2D eigenvalue weighted by molar-refractivity contribution is 7.52. The molecule has 0 saturated heterocycles. The fraction of sp³-hybridized carbons (Fsp3) is 0.0833. The number of hydrogen-bond donors (Lipinski definition) is 2. The van der Waals surface area contributed by atoms with Gasteiger partial charge in [0.25, 0.3) is 0 Å². The number of hydrogen-bond acceptors (Lipinski definition) is 6. The summed E-state index contributed by atoms with van der Waals surface area (Å²) in [6, 6.07) is 8.44. The first-order valence-electron chi connectivity index (χ1n) is 6.03. The van der Waals surface area contributed by atoms with Crippen molar-refractivity contribution in [3.63, 3.8) is 0 Å². The van der Waals surface area contributed by atoms with E-state index in [1.54, 1.807) is 30.3 Å². The van der Waals surface area contributed by atoms with Gasteiger partial charge >= 0.3 is 7.60 Å². The molecule has 0 amide bonds. The number of aromatic nitrogens is 4. The second-order valence-electron chi connectivity index (χ2n) is 4.33. The Bertz CT molecular complexity index is 820. The van der Waals surface area contributed by atoms with E-state index in [-0.39, 0.29) is 12.1 Å². The van der Waals surface area contributed by atoms with E-state index in [9.17, 15) is 9.46 Å². The number of para-hydroxylation sites is 1. The van der Waals surface area contributed by atoms with Crippen molar-refractivity contribution < 1.29 is 14.0 Å². The van der Waals surface area contributed by atoms with Crippen molar-refractivity contribution in [2.45, 2.75) is 6.29 Å². The standard InChI is InChI=1S/C12H12N5O3P/c13-11-10-12(15-6-14-11)17(7-16-10)8-21(18,19)20-9-4-2-1-3-5-9/h1-7H,8H2,(H,18,19)(H2,13,14,15). The molecule has 3 aromatic rings. The number of benzene rings is 1. The van der Waals surface area contributed by atoms with Gasteiger partial charge in [-0.25, -0.2) is 19.5 Å². The van der Waals surface area contributed by atoms with Crippen LogP contribution in [0.2, 0.25) is 0 Å². The summed E-state index contributed by atoms with van der Waals surface area (Å²) in [7, 11) is -3.90. The summed E-state index contributed by atoms with van der Waals surface area (Å²) in [5.41, 5.74) is 6.44. The van der Waals surface area contributed by atoms with E-state index < -0.39 is 7.60 Å². The molecule has 0 spiro atoms. The molecular formula is C12H12N5O3P. The maximum Gasteiger partial charge on any atom is 0.396 e. The maximum atomic E-state index is 12.2. The molecule has 1 unspecified atom stereocenters. The van der Waals surface area contributed by atoms with Gasteiger partial charge < -0.3 is 19.7 Å². The maximum absolute atomic E-state index is 12.2. The third kappa shape index (κ3) is 2.86. The molecule has 0 bridgehead atoms. The van der Waals surface area contributed by atoms with Crippen LogP contribution in [0.25, 0.3) is 11.2 Å². The van der Waals surface area contributed by atoms with Crippen LogP contribution in [-0.2, 0) is 10.9 Å². The highest BCUT2D eigenvalue weighted by Crippen LogP contribution is 2.44. The molecule has 3 N–H and O–H groups in total. The summed E-state index contributed by atoms with van der Waals surface area (Å²) in [5, 5.41) is 0. The first kappa shape index (κ1) is 13.5. The quantitative estimate of drug-likeness (QED) is 0.703. The van der Waals surface area contributed by atoms with E-state index in [4.69, 9.17) is 10.3 Å². The molecule has 3 rings (SSSR count). The molecule has 2 heterocycles. The molecule has 2 aromatic heterocycles. The van der Waals surface area contributed by atoms with Crippen LogP contribution in [-0.4, -0.2) is 24.4 Å². The van der Waals surface area contributed by atoms with Crippen molar-refractivity contribution in [1.29, 1.82) is 0 Å². The van der Waals surface area contributed by atoms with Crippen molar-refractivity contribution in [1.82, 2.24) is 19.5 Å². The van der Waals surface area contributed by atoms with Gasteiger partial charge in [0.1, 0.15) is 23.9 Å². The van der Waals surface area contributed by atoms with Gasteiger partial charge in [0.15, 0.2) is 11.5 Å². The third-order valence-electron chi connectivity index (χ3n) is 2.75. The van der Waals surface area contributed by atoms with Gasteiger partial charge in [-0.05, 0) is 12.1 Å². The molecule has 21 heavy (non-hydrogen) atoms. The van der Waals surface area contributed by atoms with Gasteiger partial charge in [0.05, 0.1) is 6.33 Å². The average Bonchev–Trinajstić information content (AvgIpc) is 2.83. The van der Waals surface area contributed by atoms with Gasteiger partial charge in [0.2, 0.25) is 0 Å². The second kappa shape index (κ2) is 5.16. The minimum Gasteiger partial charge on any atom is -0.423 e. The van der Waals surface area contributed by atoms with Crippen LogP contribution in [0.3, 0.4) is 0 Å². The topological polar surface area (TPSA) is 116 Å². The molecule has 8 nitrogen and oxygen atoms in total. The van der Waals surface area contributed by atoms with E-state index in [0.717, 1.165) is 0 Å². The van der Waals surface area contributed by atoms with E-state index >= 15 is 0 Å². The SMILES string of the molecule is Nc1ncnc2c1ncn2CP(=O)(O)Oc1ccccc1. The molecule has 0 saturated carbocycles. The summed E-state index contributed by atoms with van der Waals surface area (Å²) in [5.74, 6) is 0.539. The Balaban J connectivity index is 1.87. The van der Waals surface area contributed by atoms with Crippen LogP contribution in [0.15, 0.2) is 43.0 Å². The van der Waals surface area contributed by atoms with E-state index in [1.165, 1.54) is 17.2 Å². The molecule has 0 aliphatic heterocycles. The Morgan fingerprint density at radius 3 is 2.76 bits per heavy atom. The number of fused-ring (bicyclic) bond motifs is 1. The first-order valence-corrected chi connectivity index (χ1v) is 7.79. The number of imidazole rings is 1. The van der Waals surface area contributed by atoms with Crippen molar-refractivity contribution in [2.75, 3.05) is 5.73 Å². The van der Waals surface area contributed by atoms with Crippen LogP contribution in [0, 0.1) is 0 Å². The van der Waals surface area contributed by atoms with Crippen molar-refractivity contribution in [3.05, 3.63) is 43.0 Å². The lowest BCUT2D eigenvalue weighted by Gasteiger charge is -2.13. The lowest BCUT2D eigenvalue weighted by atomic mass is 10.3. The van der Waals surface area contributed by atoms with Crippen molar-refractivity contribution in [2.24, 2.45) is 0 Å². The fourth-order valence-electron chi connectivity index (χ4n) is 1.87. The van der Waals surface area contributed by atoms with Gasteiger partial charge in [0, 0.05) is 0 Å². The Morgan fingerprint density at radius 2 is 2.00 bits per heavy atom. The van der Waals surface area contributed by atoms with Crippen LogP contribution in [0.1, 0.15) is 0 Å². The lowest BCUT2D eigenvalue weighted by Crippen LogP contribution is -2.04. The molecule has 0 aliphatic carbocycles. The summed E-state index contributed by atoms with van der Waals surface area (Å²) in [6.07, 6.45) is 2.37. The second-order valence-corrected chi connectivity index (χ2v) is 6.07. The van der Waals surface area contributed by atoms with E-state index in [2.05, 4.69) is 15.0 Å². The van der Waals surface area contributed by atoms with Crippen molar-refractivity contribution in [3.8, 4) is 5.75 Å². The molecule has 0 aliphatic rings. The highest BCUT2D eigenvalue weighted by atomic mass is 31.2. The first-order chi connectivity index (χ1) is 10.1. The predicted octanol–water partition coefficient (Wildman–Crippen LogP) is 1.63. The largest absolute Gasteiger partial charge is 0.423 e. The minimum absolute atomic E-state index is 0.218. The zero-order valence-electron chi connectivity index (χ0n) is 10.8. The molecule has 0 fully saturated rings. The summed E-state index contributed by atoms with van der Waals surface area (Å²) >= 11 is 0. The van der Waals surface area contributed by atoms with E-state index in [1.807, 2.05) is 0 Å². The van der Waals surface area contributed by atoms with Gasteiger partial charge in [-0.1, -0.05) is 18.2 Å². The van der Waals surface area contributed by atoms with Crippen LogP contribution < -0.4 is 10.3 Å². The molecule has 1 atom stereocenters. The summed E-state index contributed by atoms with van der Waals surface area (Å²) < 4.78 is 18.7. The van der Waals surface area contributed by atoms with E-state index in [0.29, 0.717) is 16.9 Å². The number of nitrogens with two attached hydrogens (primary N) is 1. The Morgan fingerprint density at radius 1 is 1.24 bits per heavy atom. The van der Waals surface area contributed by atoms with Gasteiger partial charge in [-0.15, -0.1) is 0 Å². The van der Waals surface area contributed by atoms with Crippen molar-refractivity contribution >= 4 is 24.6 Å². The summed E-state index contributed by atoms with van der Waals surface area (Å²) in [6.45, 7) is 0. The average molecular weight is 305 g/mol. The Hall–Kier alpha value is -2.44. The number of anilines is 1. The zero-order valence-corrected chi connectivity index (χ0v) is 11.7. The number of nitrogen functional groups attached to an aromatic ring is 1. The molecule has 9 heteroatoms.